The van der Waals surface area contributed by atoms with Gasteiger partial charge in [-0.25, -0.2) is 4.99 Å². The zero-order valence-corrected chi connectivity index (χ0v) is 8.24. The average molecular weight is 229 g/mol. The van der Waals surface area contributed by atoms with Gasteiger partial charge in [-0.3, -0.25) is 0 Å². The Labute approximate surface area is 79.2 Å². The summed E-state index contributed by atoms with van der Waals surface area (Å²) in [7, 11) is 0. The van der Waals surface area contributed by atoms with E-state index >= 15 is 0 Å². The first-order valence-corrected chi connectivity index (χ1v) is 4.55. The predicted molar refractivity (Wildman–Crippen MR) is 50.9 cm³/mol. The summed E-state index contributed by atoms with van der Waals surface area (Å²) >= 11 is 3.42. The quantitative estimate of drug-likeness (QED) is 0.677. The monoisotopic (exact) mass is 228 g/mol. The highest BCUT2D eigenvalue weighted by atomic mass is 79.9. The van der Waals surface area contributed by atoms with Crippen molar-refractivity contribution in [2.75, 3.05) is 6.54 Å². The maximum Gasteiger partial charge on any atom is 0.165 e. The molecule has 0 fully saturated rings. The molecular weight excluding hydrogens is 220 g/mol. The summed E-state index contributed by atoms with van der Waals surface area (Å²) in [5.41, 5.74) is 1.10. The van der Waals surface area contributed by atoms with E-state index in [1.165, 1.54) is 0 Å². The second-order valence-corrected chi connectivity index (χ2v) is 3.70. The van der Waals surface area contributed by atoms with E-state index in [-0.39, 0.29) is 0 Å². The summed E-state index contributed by atoms with van der Waals surface area (Å²) in [4.78, 5) is 6.05. The van der Waals surface area contributed by atoms with E-state index < -0.39 is 6.23 Å². The summed E-state index contributed by atoms with van der Waals surface area (Å²) in [6, 6.07) is 0. The van der Waals surface area contributed by atoms with Crippen molar-refractivity contribution >= 4 is 21.8 Å². The lowest BCUT2D eigenvalue weighted by atomic mass is 10.2. The third-order valence-corrected chi connectivity index (χ3v) is 2.87. The second-order valence-electron chi connectivity index (χ2n) is 2.85. The van der Waals surface area contributed by atoms with Gasteiger partial charge < -0.3 is 10.0 Å². The minimum absolute atomic E-state index is 0.570. The fourth-order valence-corrected chi connectivity index (χ4v) is 1.71. The molecule has 2 aliphatic rings. The number of rotatable bonds is 0. The molecule has 3 nitrogen and oxygen atoms in total. The number of nitrogens with zero attached hydrogens (tertiary/aromatic N) is 2. The molecule has 2 rings (SSSR count). The number of allylic oxidation sites excluding steroid dienone is 3. The molecule has 0 amide bonds. The Kier molecular flexibility index (Phi) is 1.81. The molecule has 2 heterocycles. The van der Waals surface area contributed by atoms with E-state index in [2.05, 4.69) is 20.9 Å². The third-order valence-electron chi connectivity index (χ3n) is 2.03. The van der Waals surface area contributed by atoms with Crippen molar-refractivity contribution in [3.8, 4) is 0 Å². The van der Waals surface area contributed by atoms with E-state index in [1.807, 2.05) is 24.0 Å². The Hall–Kier alpha value is -0.610. The maximum atomic E-state index is 9.26. The largest absolute Gasteiger partial charge is 0.370 e. The first kappa shape index (κ1) is 8.01. The summed E-state index contributed by atoms with van der Waals surface area (Å²) in [6.45, 7) is 2.57. The van der Waals surface area contributed by atoms with Gasteiger partial charge >= 0.3 is 0 Å². The van der Waals surface area contributed by atoms with Crippen LogP contribution < -0.4 is 0 Å². The van der Waals surface area contributed by atoms with Gasteiger partial charge in [-0.05, 0) is 35.0 Å². The number of aliphatic hydroxyl groups is 1. The lowest BCUT2D eigenvalue weighted by molar-refractivity contribution is 0.179. The van der Waals surface area contributed by atoms with Crippen molar-refractivity contribution in [1.29, 1.82) is 0 Å². The molecule has 1 unspecified atom stereocenters. The highest BCUT2D eigenvalue weighted by molar-refractivity contribution is 9.11. The smallest absolute Gasteiger partial charge is 0.165 e. The molecule has 0 radical (unpaired) electrons. The number of fused-ring (bicyclic) bond motifs is 1. The van der Waals surface area contributed by atoms with Crippen molar-refractivity contribution in [2.45, 2.75) is 13.2 Å². The predicted octanol–water partition coefficient (Wildman–Crippen LogP) is 1.22. The van der Waals surface area contributed by atoms with Gasteiger partial charge in [-0.2, -0.15) is 0 Å². The molecule has 0 saturated carbocycles. The zero-order valence-electron chi connectivity index (χ0n) is 6.66. The van der Waals surface area contributed by atoms with Crippen molar-refractivity contribution in [3.05, 3.63) is 22.3 Å². The Morgan fingerprint density at radius 3 is 3.17 bits per heavy atom. The minimum atomic E-state index is -0.571. The lowest BCUT2D eigenvalue weighted by Gasteiger charge is -2.23. The van der Waals surface area contributed by atoms with Gasteiger partial charge in [-0.1, -0.05) is 0 Å². The molecule has 0 spiro atoms. The molecular formula is C8H9BrN2O. The Bertz CT molecular complexity index is 306. The van der Waals surface area contributed by atoms with Crippen LogP contribution >= 0.6 is 15.9 Å². The second kappa shape index (κ2) is 2.71. The van der Waals surface area contributed by atoms with E-state index in [4.69, 9.17) is 0 Å². The number of halogens is 1. The normalized spacial score (nSPS) is 27.8. The molecule has 0 saturated heterocycles. The van der Waals surface area contributed by atoms with E-state index in [9.17, 15) is 5.11 Å². The van der Waals surface area contributed by atoms with Gasteiger partial charge in [0, 0.05) is 10.2 Å². The molecule has 64 valence electrons. The third kappa shape index (κ3) is 1.11. The maximum absolute atomic E-state index is 9.26. The summed E-state index contributed by atoms with van der Waals surface area (Å²) in [5.74, 6) is 0.850. The Morgan fingerprint density at radius 2 is 2.42 bits per heavy atom. The molecule has 12 heavy (non-hydrogen) atoms. The lowest BCUT2D eigenvalue weighted by Crippen LogP contribution is -2.28. The van der Waals surface area contributed by atoms with Gasteiger partial charge in [-0.15, -0.1) is 0 Å². The minimum Gasteiger partial charge on any atom is -0.370 e. The van der Waals surface area contributed by atoms with E-state index in [0.29, 0.717) is 6.54 Å². The van der Waals surface area contributed by atoms with Crippen LogP contribution in [0.2, 0.25) is 0 Å². The van der Waals surface area contributed by atoms with Crippen LogP contribution in [0.25, 0.3) is 0 Å². The van der Waals surface area contributed by atoms with Crippen LogP contribution in [0.3, 0.4) is 0 Å². The molecule has 2 aliphatic heterocycles. The fraction of sp³-hybridized carbons (Fsp3) is 0.375. The van der Waals surface area contributed by atoms with Crippen LogP contribution in [-0.4, -0.2) is 28.6 Å². The van der Waals surface area contributed by atoms with Crippen LogP contribution in [0.15, 0.2) is 27.3 Å². The first-order chi connectivity index (χ1) is 5.68. The average Bonchev–Trinajstić information content (AvgIpc) is 2.39. The van der Waals surface area contributed by atoms with Crippen LogP contribution in [0, 0.1) is 0 Å². The first-order valence-electron chi connectivity index (χ1n) is 3.76. The summed E-state index contributed by atoms with van der Waals surface area (Å²) in [5, 5.41) is 9.26. The molecule has 0 bridgehead atoms. The molecule has 4 heteroatoms. The van der Waals surface area contributed by atoms with Crippen LogP contribution in [-0.2, 0) is 0 Å². The summed E-state index contributed by atoms with van der Waals surface area (Å²) in [6.07, 6.45) is 3.27. The number of aliphatic hydroxyl groups excluding tert-OH is 1. The molecule has 0 aliphatic carbocycles. The SMILES string of the molecule is CC1=C(Br)C=CC2=NC(O)CN21. The van der Waals surface area contributed by atoms with E-state index in [0.717, 1.165) is 16.0 Å². The van der Waals surface area contributed by atoms with Gasteiger partial charge in [0.15, 0.2) is 6.23 Å². The van der Waals surface area contributed by atoms with E-state index in [1.54, 1.807) is 0 Å². The number of amidine groups is 1. The molecule has 0 aromatic rings. The molecule has 1 atom stereocenters. The number of hydrogen-bond donors (Lipinski definition) is 1. The van der Waals surface area contributed by atoms with Crippen molar-refractivity contribution < 1.29 is 5.11 Å². The molecule has 1 N–H and O–H groups in total. The van der Waals surface area contributed by atoms with Crippen molar-refractivity contribution in [1.82, 2.24) is 4.90 Å². The van der Waals surface area contributed by atoms with Crippen molar-refractivity contribution in [2.24, 2.45) is 4.99 Å². The zero-order chi connectivity index (χ0) is 8.72. The van der Waals surface area contributed by atoms with Crippen LogP contribution in [0.5, 0.6) is 0 Å². The Morgan fingerprint density at radius 1 is 1.67 bits per heavy atom. The molecule has 0 aromatic carbocycles. The van der Waals surface area contributed by atoms with Gasteiger partial charge in [0.2, 0.25) is 0 Å². The highest BCUT2D eigenvalue weighted by Gasteiger charge is 2.25. The summed E-state index contributed by atoms with van der Waals surface area (Å²) < 4.78 is 1.05. The molecule has 0 aromatic heterocycles. The van der Waals surface area contributed by atoms with Gasteiger partial charge in [0.25, 0.3) is 0 Å². The fourth-order valence-electron chi connectivity index (χ4n) is 1.36. The van der Waals surface area contributed by atoms with Crippen LogP contribution in [0.4, 0.5) is 0 Å². The Balaban J connectivity index is 2.37. The topological polar surface area (TPSA) is 35.8 Å². The standard InChI is InChI=1S/C8H9BrN2O/c1-5-6(9)2-3-7-10-8(12)4-11(5)7/h2-3,8,12H,4H2,1H3. The van der Waals surface area contributed by atoms with Crippen LogP contribution in [0.1, 0.15) is 6.92 Å². The van der Waals surface area contributed by atoms with Gasteiger partial charge in [0.1, 0.15) is 5.84 Å². The van der Waals surface area contributed by atoms with Gasteiger partial charge in [0.05, 0.1) is 6.54 Å². The number of hydrogen-bond acceptors (Lipinski definition) is 3. The van der Waals surface area contributed by atoms with Crippen molar-refractivity contribution in [3.63, 3.8) is 0 Å². The highest BCUT2D eigenvalue weighted by Crippen LogP contribution is 2.25. The number of aliphatic imine (C=N–C) groups is 1.